The van der Waals surface area contributed by atoms with Gasteiger partial charge in [-0.1, -0.05) is 41.4 Å². The lowest BCUT2D eigenvalue weighted by Gasteiger charge is -2.36. The molecule has 0 atom stereocenters. The van der Waals surface area contributed by atoms with Crippen LogP contribution in [0.15, 0.2) is 42.5 Å². The average Bonchev–Trinajstić information content (AvgIpc) is 2.68. The fourth-order valence-corrected chi connectivity index (χ4v) is 3.63. The van der Waals surface area contributed by atoms with Crippen molar-refractivity contribution in [1.82, 2.24) is 5.32 Å². The van der Waals surface area contributed by atoms with E-state index in [9.17, 15) is 18.0 Å². The number of carbonyl (C=O) groups is 1. The first-order valence-corrected chi connectivity index (χ1v) is 9.47. The predicted molar refractivity (Wildman–Crippen MR) is 101 cm³/mol. The molecule has 0 aromatic heterocycles. The molecule has 0 bridgehead atoms. The molecule has 28 heavy (non-hydrogen) atoms. The van der Waals surface area contributed by atoms with Gasteiger partial charge in [0.25, 0.3) is 0 Å². The Morgan fingerprint density at radius 3 is 2.25 bits per heavy atom. The molecule has 0 saturated carbocycles. The molecular weight excluding hydrogens is 414 g/mol. The first-order chi connectivity index (χ1) is 13.2. The number of rotatable bonds is 4. The van der Waals surface area contributed by atoms with Gasteiger partial charge in [-0.2, -0.15) is 13.2 Å². The molecule has 1 heterocycles. The SMILES string of the molecule is O=C(OCc1ccc(C(F)(F)F)cc1)C1(c2ccc(Cl)c(Cl)c2)CCNCC1. The minimum atomic E-state index is -4.40. The second kappa shape index (κ2) is 8.31. The second-order valence-electron chi connectivity index (χ2n) is 6.73. The zero-order valence-corrected chi connectivity index (χ0v) is 16.3. The summed E-state index contributed by atoms with van der Waals surface area (Å²) >= 11 is 12.1. The Morgan fingerprint density at radius 2 is 1.68 bits per heavy atom. The number of esters is 1. The van der Waals surface area contributed by atoms with Crippen molar-refractivity contribution in [2.75, 3.05) is 13.1 Å². The average molecular weight is 432 g/mol. The number of ether oxygens (including phenoxy) is 1. The van der Waals surface area contributed by atoms with E-state index in [0.717, 1.165) is 17.7 Å². The number of benzene rings is 2. The van der Waals surface area contributed by atoms with E-state index in [0.29, 0.717) is 41.5 Å². The predicted octanol–water partition coefficient (Wildman–Crippen LogP) is 5.38. The molecule has 3 nitrogen and oxygen atoms in total. The molecular formula is C20H18Cl2F3NO2. The van der Waals surface area contributed by atoms with Crippen LogP contribution in [0.5, 0.6) is 0 Å². The first kappa shape index (κ1) is 21.0. The Hall–Kier alpha value is -1.76. The summed E-state index contributed by atoms with van der Waals surface area (Å²) in [5.74, 6) is -0.424. The van der Waals surface area contributed by atoms with Crippen LogP contribution in [0.3, 0.4) is 0 Å². The van der Waals surface area contributed by atoms with Crippen molar-refractivity contribution >= 4 is 29.2 Å². The fraction of sp³-hybridized carbons (Fsp3) is 0.350. The topological polar surface area (TPSA) is 38.3 Å². The highest BCUT2D eigenvalue weighted by Gasteiger charge is 2.43. The largest absolute Gasteiger partial charge is 0.460 e. The van der Waals surface area contributed by atoms with E-state index in [2.05, 4.69) is 5.32 Å². The first-order valence-electron chi connectivity index (χ1n) is 8.72. The van der Waals surface area contributed by atoms with Crippen LogP contribution in [0, 0.1) is 0 Å². The normalized spacial score (nSPS) is 16.6. The molecule has 1 N–H and O–H groups in total. The third-order valence-corrected chi connectivity index (χ3v) is 5.71. The van der Waals surface area contributed by atoms with Crippen LogP contribution in [0.4, 0.5) is 13.2 Å². The maximum absolute atomic E-state index is 13.0. The van der Waals surface area contributed by atoms with Crippen LogP contribution in [0.25, 0.3) is 0 Å². The van der Waals surface area contributed by atoms with Gasteiger partial charge in [0, 0.05) is 0 Å². The minimum Gasteiger partial charge on any atom is -0.460 e. The molecule has 0 aliphatic carbocycles. The fourth-order valence-electron chi connectivity index (χ4n) is 3.33. The lowest BCUT2D eigenvalue weighted by molar-refractivity contribution is -0.153. The van der Waals surface area contributed by atoms with Gasteiger partial charge >= 0.3 is 12.1 Å². The smallest absolute Gasteiger partial charge is 0.416 e. The van der Waals surface area contributed by atoms with Gasteiger partial charge in [-0.3, -0.25) is 4.79 Å². The van der Waals surface area contributed by atoms with Crippen molar-refractivity contribution in [3.8, 4) is 0 Å². The molecule has 0 amide bonds. The molecule has 0 spiro atoms. The number of halogens is 5. The van der Waals surface area contributed by atoms with E-state index in [-0.39, 0.29) is 6.61 Å². The highest BCUT2D eigenvalue weighted by molar-refractivity contribution is 6.42. The van der Waals surface area contributed by atoms with Crippen molar-refractivity contribution in [3.05, 3.63) is 69.2 Å². The molecule has 1 saturated heterocycles. The molecule has 1 aliphatic rings. The Labute approximate surface area is 170 Å². The van der Waals surface area contributed by atoms with Gasteiger partial charge in [-0.25, -0.2) is 0 Å². The molecule has 3 rings (SSSR count). The number of hydrogen-bond acceptors (Lipinski definition) is 3. The van der Waals surface area contributed by atoms with Crippen molar-refractivity contribution in [1.29, 1.82) is 0 Å². The van der Waals surface area contributed by atoms with Crippen LogP contribution in [0.1, 0.15) is 29.5 Å². The zero-order chi connectivity index (χ0) is 20.4. The number of piperidine rings is 1. The van der Waals surface area contributed by atoms with Gasteiger partial charge in [0.05, 0.1) is 21.0 Å². The summed E-state index contributed by atoms with van der Waals surface area (Å²) in [4.78, 5) is 13.0. The zero-order valence-electron chi connectivity index (χ0n) is 14.8. The van der Waals surface area contributed by atoms with Gasteiger partial charge < -0.3 is 10.1 Å². The maximum atomic E-state index is 13.0. The molecule has 0 radical (unpaired) electrons. The molecule has 150 valence electrons. The summed E-state index contributed by atoms with van der Waals surface area (Å²) in [6, 6.07) is 9.65. The van der Waals surface area contributed by atoms with Crippen LogP contribution in [-0.4, -0.2) is 19.1 Å². The van der Waals surface area contributed by atoms with Gasteiger partial charge in [0.2, 0.25) is 0 Å². The number of hydrogen-bond donors (Lipinski definition) is 1. The van der Waals surface area contributed by atoms with Gasteiger partial charge in [0.15, 0.2) is 0 Å². The van der Waals surface area contributed by atoms with Gasteiger partial charge in [-0.15, -0.1) is 0 Å². The van der Waals surface area contributed by atoms with E-state index in [1.807, 2.05) is 0 Å². The van der Waals surface area contributed by atoms with Crippen molar-refractivity contribution in [2.24, 2.45) is 0 Å². The molecule has 1 aliphatic heterocycles. The van der Waals surface area contributed by atoms with Crippen LogP contribution >= 0.6 is 23.2 Å². The summed E-state index contributed by atoms with van der Waals surface area (Å²) in [5, 5.41) is 3.96. The standard InChI is InChI=1S/C20H18Cl2F3NO2/c21-16-6-5-15(11-17(16)22)19(7-9-26-10-8-19)18(27)28-12-13-1-3-14(4-2-13)20(23,24)25/h1-6,11,26H,7-10,12H2. The monoisotopic (exact) mass is 431 g/mol. The Morgan fingerprint density at radius 1 is 1.04 bits per heavy atom. The molecule has 8 heteroatoms. The van der Waals surface area contributed by atoms with Crippen LogP contribution in [0.2, 0.25) is 10.0 Å². The molecule has 0 unspecified atom stereocenters. The highest BCUT2D eigenvalue weighted by atomic mass is 35.5. The summed E-state index contributed by atoms with van der Waals surface area (Å²) in [6.45, 7) is 1.17. The van der Waals surface area contributed by atoms with E-state index in [4.69, 9.17) is 27.9 Å². The van der Waals surface area contributed by atoms with E-state index in [1.165, 1.54) is 12.1 Å². The van der Waals surface area contributed by atoms with Crippen molar-refractivity contribution in [3.63, 3.8) is 0 Å². The molecule has 1 fully saturated rings. The van der Waals surface area contributed by atoms with Gasteiger partial charge in [-0.05, 0) is 61.3 Å². The van der Waals surface area contributed by atoms with Crippen LogP contribution in [-0.2, 0) is 27.7 Å². The maximum Gasteiger partial charge on any atom is 0.416 e. The Bertz CT molecular complexity index is 848. The summed E-state index contributed by atoms with van der Waals surface area (Å²) < 4.78 is 43.5. The highest BCUT2D eigenvalue weighted by Crippen LogP contribution is 2.38. The van der Waals surface area contributed by atoms with E-state index >= 15 is 0 Å². The van der Waals surface area contributed by atoms with Crippen LogP contribution < -0.4 is 5.32 Å². The van der Waals surface area contributed by atoms with E-state index < -0.39 is 23.1 Å². The third kappa shape index (κ3) is 4.45. The minimum absolute atomic E-state index is 0.104. The number of carbonyl (C=O) groups excluding carboxylic acids is 1. The summed E-state index contributed by atoms with van der Waals surface area (Å²) in [6.07, 6.45) is -3.35. The third-order valence-electron chi connectivity index (χ3n) is 4.97. The summed E-state index contributed by atoms with van der Waals surface area (Å²) in [7, 11) is 0. The lowest BCUT2D eigenvalue weighted by Crippen LogP contribution is -2.46. The second-order valence-corrected chi connectivity index (χ2v) is 7.55. The summed E-state index contributed by atoms with van der Waals surface area (Å²) in [5.41, 5.74) is -0.403. The van der Waals surface area contributed by atoms with Crippen molar-refractivity contribution in [2.45, 2.75) is 31.0 Å². The number of nitrogens with one attached hydrogen (secondary N) is 1. The molecule has 2 aromatic carbocycles. The number of alkyl halides is 3. The van der Waals surface area contributed by atoms with Gasteiger partial charge in [0.1, 0.15) is 6.61 Å². The van der Waals surface area contributed by atoms with E-state index in [1.54, 1.807) is 18.2 Å². The molecule has 2 aromatic rings. The Balaban J connectivity index is 1.78. The Kier molecular flexibility index (Phi) is 6.22. The van der Waals surface area contributed by atoms with Crippen molar-refractivity contribution < 1.29 is 22.7 Å². The quantitative estimate of drug-likeness (QED) is 0.660. The lowest BCUT2D eigenvalue weighted by atomic mass is 9.73.